The van der Waals surface area contributed by atoms with Crippen LogP contribution in [0.15, 0.2) is 91.1 Å². The summed E-state index contributed by atoms with van der Waals surface area (Å²) in [4.78, 5) is 12.2. The third kappa shape index (κ3) is 6.50. The summed E-state index contributed by atoms with van der Waals surface area (Å²) in [5.41, 5.74) is 1.39. The lowest BCUT2D eigenvalue weighted by Crippen LogP contribution is -1.99. The molecule has 0 aliphatic carbocycles. The maximum Gasteiger partial charge on any atom is 0.187 e. The van der Waals surface area contributed by atoms with Gasteiger partial charge >= 0.3 is 0 Å². The number of anilines is 1. The number of alkyl halides is 1. The number of hydrogen-bond donors (Lipinski definition) is 1. The molecular weight excluding hydrogens is 369 g/mol. The SMILES string of the molecule is O=C(C=CNc1ccc(Oc2ccccc2)cc1)c1ccc(OCCCF)cc1. The van der Waals surface area contributed by atoms with Gasteiger partial charge in [-0.25, -0.2) is 0 Å². The number of ether oxygens (including phenoxy) is 2. The Balaban J connectivity index is 1.49. The summed E-state index contributed by atoms with van der Waals surface area (Å²) < 4.78 is 23.2. The van der Waals surface area contributed by atoms with Crippen LogP contribution in [-0.4, -0.2) is 19.1 Å². The van der Waals surface area contributed by atoms with Crippen molar-refractivity contribution in [2.24, 2.45) is 0 Å². The van der Waals surface area contributed by atoms with Crippen molar-refractivity contribution in [2.45, 2.75) is 6.42 Å². The molecule has 0 bridgehead atoms. The van der Waals surface area contributed by atoms with Gasteiger partial charge in [-0.15, -0.1) is 0 Å². The smallest absolute Gasteiger partial charge is 0.187 e. The Morgan fingerprint density at radius 2 is 1.52 bits per heavy atom. The molecule has 148 valence electrons. The fourth-order valence-corrected chi connectivity index (χ4v) is 2.51. The Morgan fingerprint density at radius 3 is 2.21 bits per heavy atom. The maximum atomic E-state index is 12.2. The summed E-state index contributed by atoms with van der Waals surface area (Å²) in [5.74, 6) is 2.00. The number of carbonyl (C=O) groups is 1. The minimum Gasteiger partial charge on any atom is -0.493 e. The zero-order valence-electron chi connectivity index (χ0n) is 15.9. The highest BCUT2D eigenvalue weighted by Crippen LogP contribution is 2.22. The molecule has 1 N–H and O–H groups in total. The predicted octanol–water partition coefficient (Wildman–Crippen LogP) is 6.03. The normalized spacial score (nSPS) is 10.7. The minimum absolute atomic E-state index is 0.128. The molecule has 0 amide bonds. The monoisotopic (exact) mass is 391 g/mol. The average molecular weight is 391 g/mol. The van der Waals surface area contributed by atoms with Gasteiger partial charge in [0.25, 0.3) is 0 Å². The summed E-state index contributed by atoms with van der Waals surface area (Å²) >= 11 is 0. The fraction of sp³-hybridized carbons (Fsp3) is 0.125. The van der Waals surface area contributed by atoms with Crippen LogP contribution in [0, 0.1) is 0 Å². The van der Waals surface area contributed by atoms with Gasteiger partial charge in [0, 0.05) is 29.9 Å². The number of allylic oxidation sites excluding steroid dienone is 1. The summed E-state index contributed by atoms with van der Waals surface area (Å²) in [6.45, 7) is -0.0834. The van der Waals surface area contributed by atoms with Crippen molar-refractivity contribution >= 4 is 11.5 Å². The molecule has 3 rings (SSSR count). The molecule has 0 saturated heterocycles. The van der Waals surface area contributed by atoms with E-state index in [1.807, 2.05) is 54.6 Å². The van der Waals surface area contributed by atoms with E-state index in [1.54, 1.807) is 30.5 Å². The Labute approximate surface area is 169 Å². The Kier molecular flexibility index (Phi) is 7.41. The molecule has 0 saturated carbocycles. The highest BCUT2D eigenvalue weighted by molar-refractivity contribution is 6.04. The molecule has 3 aromatic rings. The van der Waals surface area contributed by atoms with Crippen molar-refractivity contribution < 1.29 is 18.7 Å². The van der Waals surface area contributed by atoms with Crippen LogP contribution in [0.1, 0.15) is 16.8 Å². The first-order chi connectivity index (χ1) is 14.2. The summed E-state index contributed by atoms with van der Waals surface area (Å²) in [5, 5.41) is 3.06. The van der Waals surface area contributed by atoms with Gasteiger partial charge in [0.15, 0.2) is 5.78 Å². The number of benzene rings is 3. The Morgan fingerprint density at radius 1 is 0.862 bits per heavy atom. The molecule has 0 radical (unpaired) electrons. The number of para-hydroxylation sites is 1. The second-order valence-corrected chi connectivity index (χ2v) is 6.20. The van der Waals surface area contributed by atoms with Crippen LogP contribution in [0.4, 0.5) is 10.1 Å². The van der Waals surface area contributed by atoms with E-state index in [9.17, 15) is 9.18 Å². The molecule has 3 aromatic carbocycles. The van der Waals surface area contributed by atoms with Crippen LogP contribution in [0.5, 0.6) is 17.2 Å². The summed E-state index contributed by atoms with van der Waals surface area (Å²) in [6, 6.07) is 23.8. The van der Waals surface area contributed by atoms with Gasteiger partial charge in [-0.05, 0) is 60.7 Å². The topological polar surface area (TPSA) is 47.6 Å². The average Bonchev–Trinajstić information content (AvgIpc) is 2.76. The molecule has 4 nitrogen and oxygen atoms in total. The van der Waals surface area contributed by atoms with E-state index in [1.165, 1.54) is 6.08 Å². The molecule has 0 fully saturated rings. The van der Waals surface area contributed by atoms with Crippen LogP contribution in [0.25, 0.3) is 0 Å². The lowest BCUT2D eigenvalue weighted by Gasteiger charge is -2.06. The van der Waals surface area contributed by atoms with Crippen LogP contribution in [-0.2, 0) is 0 Å². The first-order valence-corrected chi connectivity index (χ1v) is 9.34. The van der Waals surface area contributed by atoms with Gasteiger partial charge in [0.1, 0.15) is 17.2 Å². The van der Waals surface area contributed by atoms with Crippen molar-refractivity contribution in [3.8, 4) is 17.2 Å². The quantitative estimate of drug-likeness (QED) is 0.261. The highest BCUT2D eigenvalue weighted by atomic mass is 19.1. The Bertz CT molecular complexity index is 923. The molecule has 0 aromatic heterocycles. The van der Waals surface area contributed by atoms with Crippen LogP contribution >= 0.6 is 0 Å². The van der Waals surface area contributed by atoms with Crippen LogP contribution in [0.2, 0.25) is 0 Å². The maximum absolute atomic E-state index is 12.2. The highest BCUT2D eigenvalue weighted by Gasteiger charge is 2.02. The largest absolute Gasteiger partial charge is 0.493 e. The minimum atomic E-state index is -0.406. The fourth-order valence-electron chi connectivity index (χ4n) is 2.51. The standard InChI is InChI=1S/C24H22FNO3/c25-16-4-18-28-21-11-7-19(8-12-21)24(27)15-17-26-20-9-13-23(14-10-20)29-22-5-2-1-3-6-22/h1-3,5-15,17,26H,4,16,18H2. The molecule has 0 aliphatic heterocycles. The van der Waals surface area contributed by atoms with Gasteiger partial charge < -0.3 is 14.8 Å². The molecule has 0 aliphatic rings. The third-order valence-electron chi connectivity index (χ3n) is 4.00. The Hall–Kier alpha value is -3.60. The number of hydrogen-bond acceptors (Lipinski definition) is 4. The zero-order chi connectivity index (χ0) is 20.3. The van der Waals surface area contributed by atoms with Crippen molar-refractivity contribution in [2.75, 3.05) is 18.6 Å². The second-order valence-electron chi connectivity index (χ2n) is 6.20. The molecule has 0 unspecified atom stereocenters. The number of carbonyl (C=O) groups excluding carboxylic acids is 1. The first-order valence-electron chi connectivity index (χ1n) is 9.34. The van der Waals surface area contributed by atoms with E-state index >= 15 is 0 Å². The molecule has 0 spiro atoms. The van der Waals surface area contributed by atoms with Gasteiger partial charge in [0.2, 0.25) is 0 Å². The van der Waals surface area contributed by atoms with E-state index in [4.69, 9.17) is 9.47 Å². The lowest BCUT2D eigenvalue weighted by atomic mass is 10.1. The van der Waals surface area contributed by atoms with Crippen molar-refractivity contribution in [3.05, 3.63) is 96.7 Å². The van der Waals surface area contributed by atoms with Crippen molar-refractivity contribution in [1.29, 1.82) is 0 Å². The van der Waals surface area contributed by atoms with E-state index in [0.717, 1.165) is 17.2 Å². The lowest BCUT2D eigenvalue weighted by molar-refractivity contribution is 0.104. The van der Waals surface area contributed by atoms with E-state index in [0.29, 0.717) is 24.3 Å². The third-order valence-corrected chi connectivity index (χ3v) is 4.00. The van der Waals surface area contributed by atoms with Crippen LogP contribution in [0.3, 0.4) is 0 Å². The summed E-state index contributed by atoms with van der Waals surface area (Å²) in [6.07, 6.45) is 3.42. The van der Waals surface area contributed by atoms with Gasteiger partial charge in [-0.3, -0.25) is 9.18 Å². The molecule has 0 heterocycles. The number of rotatable bonds is 10. The van der Waals surface area contributed by atoms with Gasteiger partial charge in [-0.2, -0.15) is 0 Å². The summed E-state index contributed by atoms with van der Waals surface area (Å²) in [7, 11) is 0. The van der Waals surface area contributed by atoms with Crippen molar-refractivity contribution in [1.82, 2.24) is 0 Å². The molecular formula is C24H22FNO3. The number of halogens is 1. The van der Waals surface area contributed by atoms with Crippen molar-refractivity contribution in [3.63, 3.8) is 0 Å². The molecule has 29 heavy (non-hydrogen) atoms. The predicted molar refractivity (Wildman–Crippen MR) is 113 cm³/mol. The zero-order valence-corrected chi connectivity index (χ0v) is 15.9. The second kappa shape index (κ2) is 10.7. The van der Waals surface area contributed by atoms with E-state index in [2.05, 4.69) is 5.32 Å². The van der Waals surface area contributed by atoms with Crippen LogP contribution < -0.4 is 14.8 Å². The van der Waals surface area contributed by atoms with E-state index < -0.39 is 6.67 Å². The number of ketones is 1. The number of nitrogens with one attached hydrogen (secondary N) is 1. The molecule has 5 heteroatoms. The van der Waals surface area contributed by atoms with Gasteiger partial charge in [0.05, 0.1) is 13.3 Å². The van der Waals surface area contributed by atoms with E-state index in [-0.39, 0.29) is 5.78 Å². The molecule has 0 atom stereocenters. The van der Waals surface area contributed by atoms with Gasteiger partial charge in [-0.1, -0.05) is 18.2 Å². The first kappa shape index (κ1) is 20.1.